The van der Waals surface area contributed by atoms with Gasteiger partial charge >= 0.3 is 0 Å². The number of aromatic nitrogens is 1. The molecule has 0 spiro atoms. The van der Waals surface area contributed by atoms with Crippen LogP contribution in [0.25, 0.3) is 0 Å². The summed E-state index contributed by atoms with van der Waals surface area (Å²) in [6, 6.07) is 0. The topological polar surface area (TPSA) is 79.4 Å². The summed E-state index contributed by atoms with van der Waals surface area (Å²) in [6.45, 7) is 5.01. The number of aliphatic hydroxyl groups is 1. The zero-order valence-electron chi connectivity index (χ0n) is 11.1. The highest BCUT2D eigenvalue weighted by molar-refractivity contribution is 7.13. The van der Waals surface area contributed by atoms with Gasteiger partial charge in [0.1, 0.15) is 5.69 Å². The van der Waals surface area contributed by atoms with Crippen molar-refractivity contribution < 1.29 is 9.90 Å². The van der Waals surface area contributed by atoms with Crippen molar-refractivity contribution in [3.05, 3.63) is 11.1 Å². The maximum absolute atomic E-state index is 11.0. The molecule has 0 atom stereocenters. The van der Waals surface area contributed by atoms with Gasteiger partial charge in [-0.15, -0.1) is 11.3 Å². The van der Waals surface area contributed by atoms with Gasteiger partial charge in [-0.1, -0.05) is 13.8 Å². The molecule has 1 aromatic rings. The Morgan fingerprint density at radius 2 is 2.17 bits per heavy atom. The third-order valence-electron chi connectivity index (χ3n) is 3.48. The van der Waals surface area contributed by atoms with Crippen LogP contribution in [0.1, 0.15) is 37.2 Å². The smallest absolute Gasteiger partial charge is 0.268 e. The van der Waals surface area contributed by atoms with Gasteiger partial charge in [0.05, 0.1) is 6.61 Å². The van der Waals surface area contributed by atoms with E-state index in [9.17, 15) is 9.90 Å². The number of nitrogens with two attached hydrogens (primary N) is 1. The van der Waals surface area contributed by atoms with Crippen molar-refractivity contribution in [1.82, 2.24) is 4.98 Å². The Labute approximate surface area is 112 Å². The van der Waals surface area contributed by atoms with E-state index < -0.39 is 5.91 Å². The SMILES string of the molecule is CCC(CC)(CO)CN(C)c1nc(C(N)=O)cs1. The van der Waals surface area contributed by atoms with Gasteiger partial charge in [0.2, 0.25) is 0 Å². The van der Waals surface area contributed by atoms with Crippen molar-refractivity contribution in [3.8, 4) is 0 Å². The fourth-order valence-electron chi connectivity index (χ4n) is 1.87. The summed E-state index contributed by atoms with van der Waals surface area (Å²) in [6.07, 6.45) is 1.80. The first-order chi connectivity index (χ1) is 8.48. The van der Waals surface area contributed by atoms with E-state index in [0.29, 0.717) is 12.2 Å². The van der Waals surface area contributed by atoms with Gasteiger partial charge in [0.15, 0.2) is 5.13 Å². The minimum Gasteiger partial charge on any atom is -0.396 e. The maximum atomic E-state index is 11.0. The molecule has 0 saturated carbocycles. The highest BCUT2D eigenvalue weighted by atomic mass is 32.1. The number of nitrogens with zero attached hydrogens (tertiary/aromatic N) is 2. The molecule has 0 radical (unpaired) electrons. The van der Waals surface area contributed by atoms with Gasteiger partial charge in [0.25, 0.3) is 5.91 Å². The Kier molecular flexibility index (Phi) is 5.10. The van der Waals surface area contributed by atoms with Gasteiger partial charge < -0.3 is 15.7 Å². The maximum Gasteiger partial charge on any atom is 0.268 e. The molecule has 0 unspecified atom stereocenters. The third kappa shape index (κ3) is 3.20. The predicted octanol–water partition coefficient (Wildman–Crippen LogP) is 1.48. The molecule has 1 rings (SSSR count). The molecule has 0 aliphatic carbocycles. The summed E-state index contributed by atoms with van der Waals surface area (Å²) in [4.78, 5) is 17.2. The minimum atomic E-state index is -0.509. The molecular weight excluding hydrogens is 250 g/mol. The zero-order chi connectivity index (χ0) is 13.8. The first kappa shape index (κ1) is 14.9. The predicted molar refractivity (Wildman–Crippen MR) is 74.0 cm³/mol. The molecule has 18 heavy (non-hydrogen) atoms. The van der Waals surface area contributed by atoms with Crippen molar-refractivity contribution >= 4 is 22.4 Å². The van der Waals surface area contributed by atoms with E-state index in [1.165, 1.54) is 11.3 Å². The molecule has 0 saturated heterocycles. The van der Waals surface area contributed by atoms with Crippen molar-refractivity contribution in [2.45, 2.75) is 26.7 Å². The lowest BCUT2D eigenvalue weighted by Gasteiger charge is -2.33. The molecule has 0 aliphatic rings. The lowest BCUT2D eigenvalue weighted by Crippen LogP contribution is -2.37. The number of amides is 1. The lowest BCUT2D eigenvalue weighted by atomic mass is 9.83. The molecular formula is C12H21N3O2S. The Morgan fingerprint density at radius 3 is 2.56 bits per heavy atom. The number of aliphatic hydroxyl groups excluding tert-OH is 1. The number of primary amides is 1. The summed E-state index contributed by atoms with van der Waals surface area (Å²) < 4.78 is 0. The van der Waals surface area contributed by atoms with Gasteiger partial charge in [0, 0.05) is 24.4 Å². The standard InChI is InChI=1S/C12H21N3O2S/c1-4-12(5-2,8-16)7-15(3)11-14-9(6-18-11)10(13)17/h6,16H,4-5,7-8H2,1-3H3,(H2,13,17). The minimum absolute atomic E-state index is 0.118. The molecule has 0 aliphatic heterocycles. The molecule has 6 heteroatoms. The van der Waals surface area contributed by atoms with Gasteiger partial charge in [-0.3, -0.25) is 4.79 Å². The van der Waals surface area contributed by atoms with Gasteiger partial charge in [-0.05, 0) is 12.8 Å². The van der Waals surface area contributed by atoms with E-state index in [1.807, 2.05) is 11.9 Å². The number of hydrogen-bond acceptors (Lipinski definition) is 5. The van der Waals surface area contributed by atoms with Crippen LogP contribution in [0.3, 0.4) is 0 Å². The second-order valence-corrected chi connectivity index (χ2v) is 5.44. The molecule has 1 amide bonds. The Morgan fingerprint density at radius 1 is 1.56 bits per heavy atom. The van der Waals surface area contributed by atoms with Crippen LogP contribution >= 0.6 is 11.3 Å². The molecule has 0 bridgehead atoms. The van der Waals surface area contributed by atoms with Crippen LogP contribution in [0.5, 0.6) is 0 Å². The van der Waals surface area contributed by atoms with Crippen LogP contribution < -0.4 is 10.6 Å². The van der Waals surface area contributed by atoms with E-state index in [0.717, 1.165) is 18.0 Å². The fourth-order valence-corrected chi connectivity index (χ4v) is 2.65. The normalized spacial score (nSPS) is 11.6. The van der Waals surface area contributed by atoms with E-state index >= 15 is 0 Å². The summed E-state index contributed by atoms with van der Waals surface area (Å²) in [5, 5.41) is 12.0. The summed E-state index contributed by atoms with van der Waals surface area (Å²) in [5.74, 6) is -0.509. The summed E-state index contributed by atoms with van der Waals surface area (Å²) in [5.41, 5.74) is 5.36. The number of thiazole rings is 1. The first-order valence-electron chi connectivity index (χ1n) is 6.05. The number of rotatable bonds is 7. The van der Waals surface area contributed by atoms with Crippen LogP contribution in [0.4, 0.5) is 5.13 Å². The Bertz CT molecular complexity index is 394. The summed E-state index contributed by atoms with van der Waals surface area (Å²) >= 11 is 1.39. The van der Waals surface area contributed by atoms with Crippen LogP contribution in [0.15, 0.2) is 5.38 Å². The Hall–Kier alpha value is -1.14. The van der Waals surface area contributed by atoms with Gasteiger partial charge in [-0.25, -0.2) is 4.98 Å². The third-order valence-corrected chi connectivity index (χ3v) is 4.43. The molecule has 0 fully saturated rings. The first-order valence-corrected chi connectivity index (χ1v) is 6.93. The second-order valence-electron chi connectivity index (χ2n) is 4.60. The van der Waals surface area contributed by atoms with Crippen molar-refractivity contribution in [2.75, 3.05) is 25.1 Å². The molecule has 0 aromatic carbocycles. The molecule has 5 nitrogen and oxygen atoms in total. The van der Waals surface area contributed by atoms with Crippen LogP contribution in [0, 0.1) is 5.41 Å². The molecule has 102 valence electrons. The molecule has 3 N–H and O–H groups in total. The second kappa shape index (κ2) is 6.15. The number of carbonyl (C=O) groups is 1. The lowest BCUT2D eigenvalue weighted by molar-refractivity contribution is 0.0996. The van der Waals surface area contributed by atoms with Crippen LogP contribution in [0.2, 0.25) is 0 Å². The van der Waals surface area contributed by atoms with E-state index in [2.05, 4.69) is 18.8 Å². The van der Waals surface area contributed by atoms with Crippen LogP contribution in [-0.2, 0) is 0 Å². The van der Waals surface area contributed by atoms with E-state index in [1.54, 1.807) is 5.38 Å². The number of anilines is 1. The molecule has 1 aromatic heterocycles. The quantitative estimate of drug-likeness (QED) is 0.787. The van der Waals surface area contributed by atoms with E-state index in [4.69, 9.17) is 5.73 Å². The Balaban J connectivity index is 2.80. The van der Waals surface area contributed by atoms with Crippen molar-refractivity contribution in [3.63, 3.8) is 0 Å². The van der Waals surface area contributed by atoms with Gasteiger partial charge in [-0.2, -0.15) is 0 Å². The molecule has 1 heterocycles. The van der Waals surface area contributed by atoms with Crippen molar-refractivity contribution in [2.24, 2.45) is 11.1 Å². The fraction of sp³-hybridized carbons (Fsp3) is 0.667. The zero-order valence-corrected chi connectivity index (χ0v) is 12.0. The highest BCUT2D eigenvalue weighted by Gasteiger charge is 2.28. The average Bonchev–Trinajstić information content (AvgIpc) is 2.86. The average molecular weight is 271 g/mol. The highest BCUT2D eigenvalue weighted by Crippen LogP contribution is 2.29. The van der Waals surface area contributed by atoms with E-state index in [-0.39, 0.29) is 12.0 Å². The number of hydrogen-bond donors (Lipinski definition) is 2. The monoisotopic (exact) mass is 271 g/mol. The van der Waals surface area contributed by atoms with Crippen molar-refractivity contribution in [1.29, 1.82) is 0 Å². The summed E-state index contributed by atoms with van der Waals surface area (Å²) in [7, 11) is 1.92. The van der Waals surface area contributed by atoms with Crippen LogP contribution in [-0.4, -0.2) is 36.2 Å². The largest absolute Gasteiger partial charge is 0.396 e. The number of carbonyl (C=O) groups excluding carboxylic acids is 1.